The van der Waals surface area contributed by atoms with E-state index in [2.05, 4.69) is 36.3 Å². The highest BCUT2D eigenvalue weighted by molar-refractivity contribution is 6.00. The van der Waals surface area contributed by atoms with Crippen LogP contribution < -0.4 is 5.84 Å². The van der Waals surface area contributed by atoms with Gasteiger partial charge in [0.1, 0.15) is 5.82 Å². The van der Waals surface area contributed by atoms with E-state index >= 15 is 0 Å². The van der Waals surface area contributed by atoms with E-state index in [1.54, 1.807) is 12.1 Å². The summed E-state index contributed by atoms with van der Waals surface area (Å²) in [6.45, 7) is 2.17. The van der Waals surface area contributed by atoms with Gasteiger partial charge in [-0.1, -0.05) is 49.7 Å². The van der Waals surface area contributed by atoms with Crippen molar-refractivity contribution in [2.24, 2.45) is 10.9 Å². The summed E-state index contributed by atoms with van der Waals surface area (Å²) >= 11 is 0. The van der Waals surface area contributed by atoms with Crippen LogP contribution in [0.25, 0.3) is 0 Å². The molecule has 0 aliphatic heterocycles. The van der Waals surface area contributed by atoms with Crippen LogP contribution in [0.2, 0.25) is 0 Å². The number of hydrazone groups is 1. The zero-order valence-corrected chi connectivity index (χ0v) is 12.3. The fourth-order valence-electron chi connectivity index (χ4n) is 2.35. The van der Waals surface area contributed by atoms with E-state index in [9.17, 15) is 4.39 Å². The van der Waals surface area contributed by atoms with Crippen LogP contribution >= 0.6 is 0 Å². The fraction of sp³-hybridized carbons (Fsp3) is 0.278. The Labute approximate surface area is 125 Å². The van der Waals surface area contributed by atoms with Gasteiger partial charge in [0.15, 0.2) is 0 Å². The standard InChI is InChI=1S/C18H21FN2/c1-2-3-14-4-9-16(10-5-14)18(21-20)13-8-15-6-11-17(19)12-7-15/h4-7,9-12H,2-3,8,13,20H2,1H3/b21-18+. The maximum absolute atomic E-state index is 12.9. The summed E-state index contributed by atoms with van der Waals surface area (Å²) in [6, 6.07) is 15.0. The van der Waals surface area contributed by atoms with Crippen molar-refractivity contribution in [3.63, 3.8) is 0 Å². The molecule has 2 aromatic rings. The molecule has 0 amide bonds. The molecule has 0 atom stereocenters. The summed E-state index contributed by atoms with van der Waals surface area (Å²) in [5.74, 6) is 5.31. The number of nitrogens with zero attached hydrogens (tertiary/aromatic N) is 1. The van der Waals surface area contributed by atoms with Gasteiger partial charge in [0.2, 0.25) is 0 Å². The highest BCUT2D eigenvalue weighted by Gasteiger charge is 2.05. The molecule has 0 spiro atoms. The summed E-state index contributed by atoms with van der Waals surface area (Å²) in [4.78, 5) is 0. The van der Waals surface area contributed by atoms with Crippen molar-refractivity contribution in [2.45, 2.75) is 32.6 Å². The van der Waals surface area contributed by atoms with E-state index in [0.29, 0.717) is 0 Å². The Morgan fingerprint density at radius 1 is 0.952 bits per heavy atom. The van der Waals surface area contributed by atoms with E-state index in [1.165, 1.54) is 17.7 Å². The molecule has 3 heteroatoms. The molecule has 0 aromatic heterocycles. The molecule has 2 N–H and O–H groups in total. The lowest BCUT2D eigenvalue weighted by atomic mass is 10.00. The molecule has 0 heterocycles. The van der Waals surface area contributed by atoms with Gasteiger partial charge in [-0.25, -0.2) is 4.39 Å². The highest BCUT2D eigenvalue weighted by atomic mass is 19.1. The van der Waals surface area contributed by atoms with E-state index < -0.39 is 0 Å². The van der Waals surface area contributed by atoms with E-state index in [1.807, 2.05) is 0 Å². The average Bonchev–Trinajstić information content (AvgIpc) is 2.51. The Hall–Kier alpha value is -2.16. The normalized spacial score (nSPS) is 11.6. The van der Waals surface area contributed by atoms with Crippen LogP contribution in [0.4, 0.5) is 4.39 Å². The molecule has 2 nitrogen and oxygen atoms in total. The van der Waals surface area contributed by atoms with Crippen molar-refractivity contribution in [3.8, 4) is 0 Å². The van der Waals surface area contributed by atoms with Crippen LogP contribution in [0.15, 0.2) is 53.6 Å². The van der Waals surface area contributed by atoms with Crippen molar-refractivity contribution >= 4 is 5.71 Å². The number of rotatable bonds is 6. The van der Waals surface area contributed by atoms with Gasteiger partial charge < -0.3 is 5.84 Å². The molecule has 0 fully saturated rings. The van der Waals surface area contributed by atoms with E-state index in [0.717, 1.165) is 42.5 Å². The molecule has 0 saturated heterocycles. The summed E-state index contributed by atoms with van der Waals surface area (Å²) < 4.78 is 12.9. The van der Waals surface area contributed by atoms with Gasteiger partial charge in [0.25, 0.3) is 0 Å². The molecule has 0 aliphatic rings. The van der Waals surface area contributed by atoms with Crippen molar-refractivity contribution in [3.05, 3.63) is 71.0 Å². The van der Waals surface area contributed by atoms with Crippen molar-refractivity contribution in [1.29, 1.82) is 0 Å². The van der Waals surface area contributed by atoms with Crippen LogP contribution in [0.5, 0.6) is 0 Å². The van der Waals surface area contributed by atoms with Gasteiger partial charge in [-0.3, -0.25) is 0 Å². The second-order valence-corrected chi connectivity index (χ2v) is 5.15. The molecule has 2 rings (SSSR count). The van der Waals surface area contributed by atoms with Crippen LogP contribution in [0.1, 0.15) is 36.5 Å². The Morgan fingerprint density at radius 2 is 1.52 bits per heavy atom. The van der Waals surface area contributed by atoms with Crippen molar-refractivity contribution in [1.82, 2.24) is 0 Å². The second-order valence-electron chi connectivity index (χ2n) is 5.15. The Morgan fingerprint density at radius 3 is 2.10 bits per heavy atom. The Kier molecular flexibility index (Phi) is 5.50. The van der Waals surface area contributed by atoms with Gasteiger partial charge >= 0.3 is 0 Å². The van der Waals surface area contributed by atoms with Crippen LogP contribution in [-0.4, -0.2) is 5.71 Å². The zero-order chi connectivity index (χ0) is 15.1. The van der Waals surface area contributed by atoms with Gasteiger partial charge in [-0.2, -0.15) is 5.10 Å². The van der Waals surface area contributed by atoms with Gasteiger partial charge in [-0.15, -0.1) is 0 Å². The van der Waals surface area contributed by atoms with Gasteiger partial charge in [-0.05, 0) is 48.1 Å². The lowest BCUT2D eigenvalue weighted by Crippen LogP contribution is -2.06. The lowest BCUT2D eigenvalue weighted by Gasteiger charge is -2.07. The first kappa shape index (κ1) is 15.2. The largest absolute Gasteiger partial charge is 0.323 e. The minimum atomic E-state index is -0.210. The average molecular weight is 284 g/mol. The summed E-state index contributed by atoms with van der Waals surface area (Å²) in [7, 11) is 0. The van der Waals surface area contributed by atoms with Gasteiger partial charge in [0, 0.05) is 0 Å². The van der Waals surface area contributed by atoms with Crippen LogP contribution in [0.3, 0.4) is 0 Å². The fourth-order valence-corrected chi connectivity index (χ4v) is 2.35. The molecule has 0 unspecified atom stereocenters. The molecule has 0 saturated carbocycles. The third kappa shape index (κ3) is 4.42. The SMILES string of the molecule is CCCc1ccc(/C(CCc2ccc(F)cc2)=N/N)cc1. The summed E-state index contributed by atoms with van der Waals surface area (Å²) in [5.41, 5.74) is 4.35. The maximum atomic E-state index is 12.9. The molecular formula is C18H21FN2. The van der Waals surface area contributed by atoms with E-state index in [4.69, 9.17) is 5.84 Å². The maximum Gasteiger partial charge on any atom is 0.123 e. The zero-order valence-electron chi connectivity index (χ0n) is 12.3. The first-order chi connectivity index (χ1) is 10.2. The minimum absolute atomic E-state index is 0.210. The summed E-state index contributed by atoms with van der Waals surface area (Å²) in [5, 5.41) is 3.91. The number of nitrogens with two attached hydrogens (primary N) is 1. The number of halogens is 1. The molecular weight excluding hydrogens is 263 g/mol. The van der Waals surface area contributed by atoms with Gasteiger partial charge in [0.05, 0.1) is 5.71 Å². The Balaban J connectivity index is 2.01. The molecule has 21 heavy (non-hydrogen) atoms. The lowest BCUT2D eigenvalue weighted by molar-refractivity contribution is 0.627. The second kappa shape index (κ2) is 7.58. The van der Waals surface area contributed by atoms with Crippen LogP contribution in [0, 0.1) is 5.82 Å². The quantitative estimate of drug-likeness (QED) is 0.484. The van der Waals surface area contributed by atoms with Crippen molar-refractivity contribution < 1.29 is 4.39 Å². The number of aryl methyl sites for hydroxylation is 2. The number of hydrogen-bond donors (Lipinski definition) is 1. The third-order valence-electron chi connectivity index (χ3n) is 3.55. The molecule has 2 aromatic carbocycles. The van der Waals surface area contributed by atoms with E-state index in [-0.39, 0.29) is 5.82 Å². The van der Waals surface area contributed by atoms with Crippen molar-refractivity contribution in [2.75, 3.05) is 0 Å². The predicted octanol–water partition coefficient (Wildman–Crippen LogP) is 4.07. The molecule has 0 radical (unpaired) electrons. The summed E-state index contributed by atoms with van der Waals surface area (Å²) in [6.07, 6.45) is 3.77. The topological polar surface area (TPSA) is 38.4 Å². The minimum Gasteiger partial charge on any atom is -0.323 e. The smallest absolute Gasteiger partial charge is 0.123 e. The first-order valence-electron chi connectivity index (χ1n) is 7.33. The first-order valence-corrected chi connectivity index (χ1v) is 7.33. The Bertz CT molecular complexity index is 586. The predicted molar refractivity (Wildman–Crippen MR) is 85.9 cm³/mol. The highest BCUT2D eigenvalue weighted by Crippen LogP contribution is 2.12. The third-order valence-corrected chi connectivity index (χ3v) is 3.55. The van der Waals surface area contributed by atoms with Crippen LogP contribution in [-0.2, 0) is 12.8 Å². The monoisotopic (exact) mass is 284 g/mol. The molecule has 0 aliphatic carbocycles. The molecule has 110 valence electrons. The number of hydrogen-bond acceptors (Lipinski definition) is 2. The molecule has 0 bridgehead atoms. The number of benzene rings is 2.